The summed E-state index contributed by atoms with van der Waals surface area (Å²) in [4.78, 5) is 0. The Morgan fingerprint density at radius 1 is 1.00 bits per heavy atom. The van der Waals surface area contributed by atoms with Gasteiger partial charge in [0.1, 0.15) is 5.75 Å². The van der Waals surface area contributed by atoms with Gasteiger partial charge in [-0.1, -0.05) is 18.2 Å². The number of ether oxygens (including phenoxy) is 1. The van der Waals surface area contributed by atoms with Gasteiger partial charge in [-0.2, -0.15) is 8.78 Å². The van der Waals surface area contributed by atoms with Gasteiger partial charge in [-0.3, -0.25) is 0 Å². The molecule has 0 fully saturated rings. The SMILES string of the molecule is Fc1ccc(CC(Cl)c2cccc(OC(F)F)c2)cc1F. The summed E-state index contributed by atoms with van der Waals surface area (Å²) in [7, 11) is 0. The van der Waals surface area contributed by atoms with Crippen LogP contribution >= 0.6 is 11.6 Å². The van der Waals surface area contributed by atoms with E-state index in [2.05, 4.69) is 4.74 Å². The third-order valence-corrected chi connectivity index (χ3v) is 3.25. The Morgan fingerprint density at radius 2 is 1.76 bits per heavy atom. The number of hydrogen-bond donors (Lipinski definition) is 0. The first kappa shape index (κ1) is 15.6. The second kappa shape index (κ2) is 6.80. The predicted octanol–water partition coefficient (Wildman–Crippen LogP) is 5.09. The number of benzene rings is 2. The van der Waals surface area contributed by atoms with Crippen molar-refractivity contribution in [3.8, 4) is 5.75 Å². The molecule has 0 saturated heterocycles. The molecule has 0 radical (unpaired) electrons. The van der Waals surface area contributed by atoms with Gasteiger partial charge in [-0.05, 0) is 41.8 Å². The molecule has 0 aromatic heterocycles. The van der Waals surface area contributed by atoms with E-state index >= 15 is 0 Å². The van der Waals surface area contributed by atoms with Gasteiger partial charge in [0.15, 0.2) is 11.6 Å². The maximum Gasteiger partial charge on any atom is 0.387 e. The first-order valence-corrected chi connectivity index (χ1v) is 6.52. The fraction of sp³-hybridized carbons (Fsp3) is 0.200. The molecule has 1 unspecified atom stereocenters. The Hall–Kier alpha value is -1.75. The third-order valence-electron chi connectivity index (χ3n) is 2.84. The Kier molecular flexibility index (Phi) is 5.07. The van der Waals surface area contributed by atoms with E-state index in [1.165, 1.54) is 24.3 Å². The van der Waals surface area contributed by atoms with E-state index in [0.29, 0.717) is 11.1 Å². The zero-order valence-electron chi connectivity index (χ0n) is 10.7. The van der Waals surface area contributed by atoms with Gasteiger partial charge < -0.3 is 4.74 Å². The molecule has 0 bridgehead atoms. The first-order chi connectivity index (χ1) is 9.95. The largest absolute Gasteiger partial charge is 0.435 e. The molecule has 0 N–H and O–H groups in total. The lowest BCUT2D eigenvalue weighted by molar-refractivity contribution is -0.0498. The second-order valence-corrected chi connectivity index (χ2v) is 4.90. The number of hydrogen-bond acceptors (Lipinski definition) is 1. The molecule has 112 valence electrons. The molecule has 0 aliphatic heterocycles. The molecule has 0 amide bonds. The van der Waals surface area contributed by atoms with Crippen molar-refractivity contribution in [3.05, 3.63) is 65.2 Å². The summed E-state index contributed by atoms with van der Waals surface area (Å²) in [5.41, 5.74) is 1.06. The van der Waals surface area contributed by atoms with E-state index in [0.717, 1.165) is 12.1 Å². The fourth-order valence-electron chi connectivity index (χ4n) is 1.88. The van der Waals surface area contributed by atoms with E-state index in [1.807, 2.05) is 0 Å². The highest BCUT2D eigenvalue weighted by molar-refractivity contribution is 6.20. The van der Waals surface area contributed by atoms with Crippen LogP contribution in [0.1, 0.15) is 16.5 Å². The van der Waals surface area contributed by atoms with Crippen LogP contribution in [0.3, 0.4) is 0 Å². The summed E-state index contributed by atoms with van der Waals surface area (Å²) in [6.07, 6.45) is 0.233. The Labute approximate surface area is 124 Å². The summed E-state index contributed by atoms with van der Waals surface area (Å²) >= 11 is 6.18. The molecule has 0 heterocycles. The summed E-state index contributed by atoms with van der Waals surface area (Å²) in [6.45, 7) is -2.92. The van der Waals surface area contributed by atoms with Crippen LogP contribution in [0, 0.1) is 11.6 Å². The monoisotopic (exact) mass is 318 g/mol. The lowest BCUT2D eigenvalue weighted by Gasteiger charge is -2.12. The summed E-state index contributed by atoms with van der Waals surface area (Å²) in [5.74, 6) is -1.89. The molecule has 0 spiro atoms. The van der Waals surface area contributed by atoms with Crippen molar-refractivity contribution < 1.29 is 22.3 Å². The van der Waals surface area contributed by atoms with Crippen molar-refractivity contribution in [3.63, 3.8) is 0 Å². The van der Waals surface area contributed by atoms with Crippen LogP contribution in [-0.2, 0) is 6.42 Å². The van der Waals surface area contributed by atoms with E-state index in [9.17, 15) is 17.6 Å². The fourth-order valence-corrected chi connectivity index (χ4v) is 2.19. The van der Waals surface area contributed by atoms with Crippen LogP contribution in [0.4, 0.5) is 17.6 Å². The quantitative estimate of drug-likeness (QED) is 0.551. The van der Waals surface area contributed by atoms with E-state index in [4.69, 9.17) is 11.6 Å². The summed E-state index contributed by atoms with van der Waals surface area (Å²) < 4.78 is 54.5. The van der Waals surface area contributed by atoms with Gasteiger partial charge >= 0.3 is 6.61 Å². The van der Waals surface area contributed by atoms with Crippen molar-refractivity contribution in [2.24, 2.45) is 0 Å². The van der Waals surface area contributed by atoms with Crippen LogP contribution in [0.25, 0.3) is 0 Å². The van der Waals surface area contributed by atoms with E-state index in [1.54, 1.807) is 6.07 Å². The molecule has 0 aliphatic carbocycles. The van der Waals surface area contributed by atoms with Crippen LogP contribution in [0.15, 0.2) is 42.5 Å². The maximum absolute atomic E-state index is 13.1. The average molecular weight is 319 g/mol. The normalized spacial score (nSPS) is 12.5. The first-order valence-electron chi connectivity index (χ1n) is 6.08. The minimum Gasteiger partial charge on any atom is -0.435 e. The van der Waals surface area contributed by atoms with Crippen molar-refractivity contribution in [1.82, 2.24) is 0 Å². The number of alkyl halides is 3. The van der Waals surface area contributed by atoms with Gasteiger partial charge in [-0.15, -0.1) is 11.6 Å². The minimum absolute atomic E-state index is 0.00145. The van der Waals surface area contributed by atoms with Crippen molar-refractivity contribution >= 4 is 11.6 Å². The average Bonchev–Trinajstić information content (AvgIpc) is 2.42. The standard InChI is InChI=1S/C15H11ClF4O/c16-12(6-9-4-5-13(17)14(18)7-9)10-2-1-3-11(8-10)21-15(19)20/h1-5,7-8,12,15H,6H2. The molecule has 6 heteroatoms. The Bertz CT molecular complexity index is 618. The molecule has 2 aromatic carbocycles. The topological polar surface area (TPSA) is 9.23 Å². The maximum atomic E-state index is 13.1. The van der Waals surface area contributed by atoms with Crippen LogP contribution in [0.2, 0.25) is 0 Å². The van der Waals surface area contributed by atoms with Crippen LogP contribution in [0.5, 0.6) is 5.75 Å². The smallest absolute Gasteiger partial charge is 0.387 e. The Morgan fingerprint density at radius 3 is 2.43 bits per heavy atom. The molecular weight excluding hydrogens is 308 g/mol. The van der Waals surface area contributed by atoms with Gasteiger partial charge in [0.2, 0.25) is 0 Å². The zero-order chi connectivity index (χ0) is 15.4. The van der Waals surface area contributed by atoms with Crippen LogP contribution < -0.4 is 4.74 Å². The highest BCUT2D eigenvalue weighted by Crippen LogP contribution is 2.28. The Balaban J connectivity index is 2.12. The lowest BCUT2D eigenvalue weighted by atomic mass is 10.0. The summed E-state index contributed by atoms with van der Waals surface area (Å²) in [6, 6.07) is 9.46. The molecule has 0 saturated carbocycles. The third kappa shape index (κ3) is 4.36. The summed E-state index contributed by atoms with van der Waals surface area (Å²) in [5, 5.41) is -0.573. The van der Waals surface area contributed by atoms with Gasteiger partial charge in [-0.25, -0.2) is 8.78 Å². The number of rotatable bonds is 5. The van der Waals surface area contributed by atoms with Crippen molar-refractivity contribution in [2.45, 2.75) is 18.4 Å². The van der Waals surface area contributed by atoms with Crippen LogP contribution in [-0.4, -0.2) is 6.61 Å². The van der Waals surface area contributed by atoms with Gasteiger partial charge in [0.25, 0.3) is 0 Å². The van der Waals surface area contributed by atoms with E-state index < -0.39 is 23.6 Å². The molecule has 21 heavy (non-hydrogen) atoms. The molecular formula is C15H11ClF4O. The molecule has 1 nitrogen and oxygen atoms in total. The predicted molar refractivity (Wildman–Crippen MR) is 71.7 cm³/mol. The molecule has 0 aliphatic rings. The van der Waals surface area contributed by atoms with Crippen molar-refractivity contribution in [2.75, 3.05) is 0 Å². The minimum atomic E-state index is -2.92. The van der Waals surface area contributed by atoms with E-state index in [-0.39, 0.29) is 12.2 Å². The highest BCUT2D eigenvalue weighted by atomic mass is 35.5. The number of halogens is 5. The highest BCUT2D eigenvalue weighted by Gasteiger charge is 2.13. The molecule has 2 aromatic rings. The lowest BCUT2D eigenvalue weighted by Crippen LogP contribution is -2.03. The molecule has 1 atom stereocenters. The second-order valence-electron chi connectivity index (χ2n) is 4.37. The van der Waals surface area contributed by atoms with Gasteiger partial charge in [0.05, 0.1) is 5.38 Å². The molecule has 2 rings (SSSR count). The van der Waals surface area contributed by atoms with Gasteiger partial charge in [0, 0.05) is 0 Å². The zero-order valence-corrected chi connectivity index (χ0v) is 11.5. The van der Waals surface area contributed by atoms with Crippen molar-refractivity contribution in [1.29, 1.82) is 0 Å².